The van der Waals surface area contributed by atoms with Crippen LogP contribution in [0.15, 0.2) is 0 Å². The second-order valence-corrected chi connectivity index (χ2v) is 8.34. The summed E-state index contributed by atoms with van der Waals surface area (Å²) in [5.74, 6) is -0.594. The van der Waals surface area contributed by atoms with E-state index in [2.05, 4.69) is 4.98 Å². The number of esters is 1. The summed E-state index contributed by atoms with van der Waals surface area (Å²) in [7, 11) is -1.90. The van der Waals surface area contributed by atoms with Crippen LogP contribution in [0.1, 0.15) is 39.0 Å². The van der Waals surface area contributed by atoms with E-state index in [9.17, 15) is 18.0 Å². The number of piperazine rings is 1. The highest BCUT2D eigenvalue weighted by atomic mass is 32.2. The first-order valence-corrected chi connectivity index (χ1v) is 9.93. The van der Waals surface area contributed by atoms with Gasteiger partial charge in [0.05, 0.1) is 30.7 Å². The molecule has 0 aromatic carbocycles. The van der Waals surface area contributed by atoms with Gasteiger partial charge in [-0.25, -0.2) is 13.2 Å². The molecular weight excluding hydrogens is 346 g/mol. The largest absolute Gasteiger partial charge is 0.465 e. The average Bonchev–Trinajstić information content (AvgIpc) is 2.86. The highest BCUT2D eigenvalue weighted by molar-refractivity contribution is 7.88. The first-order chi connectivity index (χ1) is 11.6. The van der Waals surface area contributed by atoms with Crippen LogP contribution in [0.25, 0.3) is 0 Å². The predicted molar refractivity (Wildman–Crippen MR) is 93.4 cm³/mol. The van der Waals surface area contributed by atoms with Gasteiger partial charge in [-0.05, 0) is 26.3 Å². The van der Waals surface area contributed by atoms with E-state index in [1.165, 1.54) is 17.7 Å². The molecule has 1 fully saturated rings. The van der Waals surface area contributed by atoms with Crippen LogP contribution in [0.3, 0.4) is 0 Å². The number of ether oxygens (including phenoxy) is 1. The van der Waals surface area contributed by atoms with E-state index in [-0.39, 0.29) is 5.78 Å². The fourth-order valence-corrected chi connectivity index (χ4v) is 4.03. The fourth-order valence-electron chi connectivity index (χ4n) is 3.20. The van der Waals surface area contributed by atoms with E-state index in [1.807, 2.05) is 4.90 Å². The fraction of sp³-hybridized carbons (Fsp3) is 0.625. The van der Waals surface area contributed by atoms with E-state index < -0.39 is 22.0 Å². The van der Waals surface area contributed by atoms with Crippen molar-refractivity contribution >= 4 is 21.8 Å². The number of H-pyrrole nitrogens is 1. The average molecular weight is 371 g/mol. The molecule has 1 aliphatic rings. The quantitative estimate of drug-likeness (QED) is 0.600. The van der Waals surface area contributed by atoms with Crippen molar-refractivity contribution in [2.24, 2.45) is 0 Å². The number of rotatable bonds is 5. The standard InChI is InChI=1S/C16H25N3O5S/c1-10-13(16(21)24-4)11(2)17-14(10)15(20)12(3)18-6-8-19(9-7-18)25(5,22)23/h12,17H,6-9H2,1-5H3/t12-/m1/s1. The van der Waals surface area contributed by atoms with Crippen LogP contribution in [-0.2, 0) is 14.8 Å². The molecule has 0 radical (unpaired) electrons. The summed E-state index contributed by atoms with van der Waals surface area (Å²) >= 11 is 0. The number of Topliss-reactive ketones (excluding diaryl/α,β-unsaturated/α-hetero) is 1. The number of carbonyl (C=O) groups is 2. The van der Waals surface area contributed by atoms with Gasteiger partial charge >= 0.3 is 5.97 Å². The molecule has 1 aliphatic heterocycles. The Morgan fingerprint density at radius 1 is 1.16 bits per heavy atom. The van der Waals surface area contributed by atoms with Crippen LogP contribution in [-0.4, -0.2) is 79.9 Å². The zero-order valence-electron chi connectivity index (χ0n) is 15.2. The zero-order valence-corrected chi connectivity index (χ0v) is 16.1. The molecule has 1 N–H and O–H groups in total. The number of hydrogen-bond donors (Lipinski definition) is 1. The molecule has 0 aliphatic carbocycles. The lowest BCUT2D eigenvalue weighted by Gasteiger charge is -2.36. The summed E-state index contributed by atoms with van der Waals surface area (Å²) in [6.07, 6.45) is 1.19. The van der Waals surface area contributed by atoms with Gasteiger partial charge in [0.25, 0.3) is 0 Å². The third kappa shape index (κ3) is 3.94. The Balaban J connectivity index is 2.15. The number of hydrogen-bond acceptors (Lipinski definition) is 6. The van der Waals surface area contributed by atoms with Crippen LogP contribution in [0.4, 0.5) is 0 Å². The minimum atomic E-state index is -3.20. The van der Waals surface area contributed by atoms with Crippen molar-refractivity contribution in [2.75, 3.05) is 39.5 Å². The van der Waals surface area contributed by atoms with Crippen molar-refractivity contribution in [1.29, 1.82) is 0 Å². The lowest BCUT2D eigenvalue weighted by atomic mass is 10.0. The molecule has 1 saturated heterocycles. The number of carbonyl (C=O) groups excluding carboxylic acids is 2. The SMILES string of the molecule is COC(=O)c1c(C)[nH]c(C(=O)[C@@H](C)N2CCN(S(C)(=O)=O)CC2)c1C. The van der Waals surface area contributed by atoms with Gasteiger partial charge in [-0.1, -0.05) is 0 Å². The molecule has 2 heterocycles. The van der Waals surface area contributed by atoms with Gasteiger partial charge in [0, 0.05) is 31.9 Å². The number of nitrogens with zero attached hydrogens (tertiary/aromatic N) is 2. The van der Waals surface area contributed by atoms with Crippen molar-refractivity contribution in [3.8, 4) is 0 Å². The Labute approximate surface area is 148 Å². The molecule has 140 valence electrons. The summed E-state index contributed by atoms with van der Waals surface area (Å²) in [5.41, 5.74) is 1.97. The van der Waals surface area contributed by atoms with Gasteiger partial charge in [0.15, 0.2) is 5.78 Å². The highest BCUT2D eigenvalue weighted by Crippen LogP contribution is 2.22. The molecular formula is C16H25N3O5S. The zero-order chi connectivity index (χ0) is 18.9. The van der Waals surface area contributed by atoms with Gasteiger partial charge in [-0.3, -0.25) is 9.69 Å². The van der Waals surface area contributed by atoms with Crippen LogP contribution in [0.2, 0.25) is 0 Å². The Hall–Kier alpha value is -1.71. The van der Waals surface area contributed by atoms with E-state index in [1.54, 1.807) is 20.8 Å². The smallest absolute Gasteiger partial charge is 0.339 e. The van der Waals surface area contributed by atoms with Crippen molar-refractivity contribution in [3.05, 3.63) is 22.5 Å². The summed E-state index contributed by atoms with van der Waals surface area (Å²) in [6, 6.07) is -0.413. The van der Waals surface area contributed by atoms with E-state index in [0.717, 1.165) is 0 Å². The van der Waals surface area contributed by atoms with Gasteiger partial charge in [-0.15, -0.1) is 0 Å². The molecule has 1 atom stereocenters. The number of aryl methyl sites for hydroxylation is 1. The maximum absolute atomic E-state index is 12.9. The molecule has 1 aromatic rings. The highest BCUT2D eigenvalue weighted by Gasteiger charge is 2.31. The third-order valence-corrected chi connectivity index (χ3v) is 6.05. The first kappa shape index (κ1) is 19.6. The van der Waals surface area contributed by atoms with Crippen molar-refractivity contribution in [1.82, 2.24) is 14.2 Å². The summed E-state index contributed by atoms with van der Waals surface area (Å²) in [5, 5.41) is 0. The molecule has 8 nitrogen and oxygen atoms in total. The number of nitrogens with one attached hydrogen (secondary N) is 1. The minimum absolute atomic E-state index is 0.122. The molecule has 0 amide bonds. The number of sulfonamides is 1. The Bertz CT molecular complexity index is 776. The lowest BCUT2D eigenvalue weighted by molar-refractivity contribution is 0.0599. The van der Waals surface area contributed by atoms with Gasteiger partial charge in [0.2, 0.25) is 10.0 Å². The molecule has 9 heteroatoms. The predicted octanol–water partition coefficient (Wildman–Crippen LogP) is 0.567. The Morgan fingerprint density at radius 3 is 2.20 bits per heavy atom. The van der Waals surface area contributed by atoms with E-state index in [0.29, 0.717) is 48.7 Å². The molecule has 0 unspecified atom stereocenters. The number of aromatic amines is 1. The van der Waals surface area contributed by atoms with Gasteiger partial charge < -0.3 is 9.72 Å². The van der Waals surface area contributed by atoms with E-state index in [4.69, 9.17) is 4.74 Å². The third-order valence-electron chi connectivity index (χ3n) is 4.74. The molecule has 0 spiro atoms. The normalized spacial score (nSPS) is 18.1. The van der Waals surface area contributed by atoms with Crippen LogP contribution in [0.5, 0.6) is 0 Å². The summed E-state index contributed by atoms with van der Waals surface area (Å²) in [6.45, 7) is 6.96. The summed E-state index contributed by atoms with van der Waals surface area (Å²) in [4.78, 5) is 29.7. The van der Waals surface area contributed by atoms with Crippen molar-refractivity contribution in [3.63, 3.8) is 0 Å². The Morgan fingerprint density at radius 2 is 1.72 bits per heavy atom. The van der Waals surface area contributed by atoms with Crippen LogP contribution < -0.4 is 0 Å². The second kappa shape index (κ2) is 7.27. The number of ketones is 1. The number of methoxy groups -OCH3 is 1. The lowest BCUT2D eigenvalue weighted by Crippen LogP contribution is -2.52. The molecule has 0 bridgehead atoms. The van der Waals surface area contributed by atoms with E-state index >= 15 is 0 Å². The van der Waals surface area contributed by atoms with Gasteiger partial charge in [0.1, 0.15) is 0 Å². The summed E-state index contributed by atoms with van der Waals surface area (Å²) < 4.78 is 29.4. The topological polar surface area (TPSA) is 99.8 Å². The molecule has 0 saturated carbocycles. The minimum Gasteiger partial charge on any atom is -0.465 e. The number of aromatic nitrogens is 1. The molecule has 25 heavy (non-hydrogen) atoms. The molecule has 1 aromatic heterocycles. The van der Waals surface area contributed by atoms with Crippen LogP contribution >= 0.6 is 0 Å². The maximum atomic E-state index is 12.9. The maximum Gasteiger partial charge on any atom is 0.339 e. The van der Waals surface area contributed by atoms with Crippen LogP contribution in [0, 0.1) is 13.8 Å². The Kier molecular flexibility index (Phi) is 5.70. The van der Waals surface area contributed by atoms with Crippen molar-refractivity contribution < 1.29 is 22.7 Å². The monoisotopic (exact) mass is 371 g/mol. The van der Waals surface area contributed by atoms with Crippen molar-refractivity contribution in [2.45, 2.75) is 26.8 Å². The first-order valence-electron chi connectivity index (χ1n) is 8.08. The van der Waals surface area contributed by atoms with Gasteiger partial charge in [-0.2, -0.15) is 4.31 Å². The molecule has 2 rings (SSSR count). The second-order valence-electron chi connectivity index (χ2n) is 6.35.